The van der Waals surface area contributed by atoms with E-state index in [9.17, 15) is 8.42 Å². The second kappa shape index (κ2) is 6.24. The van der Waals surface area contributed by atoms with E-state index in [0.29, 0.717) is 5.82 Å². The molecule has 0 bridgehead atoms. The fourth-order valence-electron chi connectivity index (χ4n) is 1.91. The van der Waals surface area contributed by atoms with Crippen LogP contribution in [-0.4, -0.2) is 38.2 Å². The number of nitrogens with one attached hydrogen (secondary N) is 1. The van der Waals surface area contributed by atoms with E-state index < -0.39 is 9.84 Å². The lowest BCUT2D eigenvalue weighted by Crippen LogP contribution is -2.12. The molecule has 0 atom stereocenters. The highest BCUT2D eigenvalue weighted by Gasteiger charge is 2.12. The Bertz CT molecular complexity index is 489. The van der Waals surface area contributed by atoms with Crippen LogP contribution in [0.15, 0.2) is 0 Å². The minimum atomic E-state index is -3.08. The van der Waals surface area contributed by atoms with Crippen LogP contribution in [0.4, 0.5) is 0 Å². The van der Waals surface area contributed by atoms with Crippen LogP contribution >= 0.6 is 0 Å². The first-order chi connectivity index (χ1) is 8.33. The summed E-state index contributed by atoms with van der Waals surface area (Å²) in [5.41, 5.74) is 2.90. The van der Waals surface area contributed by atoms with Crippen molar-refractivity contribution in [2.24, 2.45) is 0 Å². The summed E-state index contributed by atoms with van der Waals surface area (Å²) in [6.45, 7) is 4.77. The smallest absolute Gasteiger partial charge is 0.154 e. The number of hydrogen-bond donors (Lipinski definition) is 1. The highest BCUT2D eigenvalue weighted by molar-refractivity contribution is 7.89. The third-order valence-corrected chi connectivity index (χ3v) is 3.49. The van der Waals surface area contributed by atoms with Crippen LogP contribution in [0.3, 0.4) is 0 Å². The van der Waals surface area contributed by atoms with E-state index >= 15 is 0 Å². The van der Waals surface area contributed by atoms with Gasteiger partial charge >= 0.3 is 0 Å². The zero-order valence-corrected chi connectivity index (χ0v) is 12.3. The lowest BCUT2D eigenvalue weighted by atomic mass is 10.1. The first kappa shape index (κ1) is 15.0. The fourth-order valence-corrected chi connectivity index (χ4v) is 2.51. The molecular formula is C12H21N3O2S. The largest absolute Gasteiger partial charge is 0.320 e. The first-order valence-corrected chi connectivity index (χ1v) is 8.05. The van der Waals surface area contributed by atoms with Gasteiger partial charge in [0.05, 0.1) is 0 Å². The Morgan fingerprint density at radius 1 is 1.17 bits per heavy atom. The van der Waals surface area contributed by atoms with Crippen molar-refractivity contribution in [2.75, 3.05) is 19.8 Å². The number of aryl methyl sites for hydroxylation is 2. The normalized spacial score (nSPS) is 11.8. The summed E-state index contributed by atoms with van der Waals surface area (Å²) in [5, 5.41) is 3.10. The molecule has 0 spiro atoms. The molecular weight excluding hydrogens is 250 g/mol. The maximum Gasteiger partial charge on any atom is 0.154 e. The average Bonchev–Trinajstić information content (AvgIpc) is 2.19. The van der Waals surface area contributed by atoms with Gasteiger partial charge in [-0.05, 0) is 45.8 Å². The highest BCUT2D eigenvalue weighted by Crippen LogP contribution is 2.13. The standard InChI is InChI=1S/C12H21N3O2S/c1-9-11(6-5-7-13-3)10(2)15-12(14-9)8-18(4,16)17/h13H,5-8H2,1-4H3. The van der Waals surface area contributed by atoms with Crippen LogP contribution in [0.2, 0.25) is 0 Å². The van der Waals surface area contributed by atoms with Crippen molar-refractivity contribution in [1.29, 1.82) is 0 Å². The molecule has 0 radical (unpaired) electrons. The van der Waals surface area contributed by atoms with E-state index in [0.717, 1.165) is 36.3 Å². The summed E-state index contributed by atoms with van der Waals surface area (Å²) in [7, 11) is -1.16. The molecule has 1 rings (SSSR count). The van der Waals surface area contributed by atoms with E-state index in [-0.39, 0.29) is 5.75 Å². The van der Waals surface area contributed by atoms with Gasteiger partial charge < -0.3 is 5.32 Å². The molecule has 5 nitrogen and oxygen atoms in total. The molecule has 102 valence electrons. The van der Waals surface area contributed by atoms with Gasteiger partial charge in [0.2, 0.25) is 0 Å². The van der Waals surface area contributed by atoms with Crippen molar-refractivity contribution in [3.8, 4) is 0 Å². The van der Waals surface area contributed by atoms with Gasteiger partial charge in [-0.2, -0.15) is 0 Å². The Hall–Kier alpha value is -1.01. The van der Waals surface area contributed by atoms with Gasteiger partial charge in [0.25, 0.3) is 0 Å². The Kier molecular flexibility index (Phi) is 5.22. The molecule has 1 aromatic heterocycles. The Morgan fingerprint density at radius 3 is 2.17 bits per heavy atom. The van der Waals surface area contributed by atoms with Gasteiger partial charge in [0, 0.05) is 17.6 Å². The van der Waals surface area contributed by atoms with E-state index in [4.69, 9.17) is 0 Å². The highest BCUT2D eigenvalue weighted by atomic mass is 32.2. The van der Waals surface area contributed by atoms with E-state index in [1.54, 1.807) is 0 Å². The molecule has 0 aromatic carbocycles. The molecule has 0 amide bonds. The molecule has 0 saturated carbocycles. The molecule has 0 fully saturated rings. The van der Waals surface area contributed by atoms with Crippen LogP contribution in [0, 0.1) is 13.8 Å². The summed E-state index contributed by atoms with van der Waals surface area (Å²) >= 11 is 0. The molecule has 0 aliphatic carbocycles. The monoisotopic (exact) mass is 271 g/mol. The van der Waals surface area contributed by atoms with Crippen molar-refractivity contribution < 1.29 is 8.42 Å². The van der Waals surface area contributed by atoms with Crippen molar-refractivity contribution in [2.45, 2.75) is 32.4 Å². The summed E-state index contributed by atoms with van der Waals surface area (Å²) < 4.78 is 22.5. The molecule has 1 N–H and O–H groups in total. The van der Waals surface area contributed by atoms with Gasteiger partial charge in [0.1, 0.15) is 11.6 Å². The van der Waals surface area contributed by atoms with Crippen molar-refractivity contribution >= 4 is 9.84 Å². The second-order valence-electron chi connectivity index (χ2n) is 4.57. The third kappa shape index (κ3) is 4.70. The van der Waals surface area contributed by atoms with Gasteiger partial charge in [0.15, 0.2) is 9.84 Å². The second-order valence-corrected chi connectivity index (χ2v) is 6.71. The first-order valence-electron chi connectivity index (χ1n) is 5.99. The van der Waals surface area contributed by atoms with Crippen LogP contribution in [0.1, 0.15) is 29.2 Å². The Morgan fingerprint density at radius 2 is 1.72 bits per heavy atom. The number of rotatable bonds is 6. The minimum Gasteiger partial charge on any atom is -0.320 e. The zero-order chi connectivity index (χ0) is 13.8. The third-order valence-electron chi connectivity index (χ3n) is 2.71. The maximum atomic E-state index is 11.2. The summed E-state index contributed by atoms with van der Waals surface area (Å²) in [6.07, 6.45) is 3.13. The summed E-state index contributed by atoms with van der Waals surface area (Å²) in [5.74, 6) is 0.302. The minimum absolute atomic E-state index is 0.0918. The lowest BCUT2D eigenvalue weighted by molar-refractivity contribution is 0.599. The molecule has 18 heavy (non-hydrogen) atoms. The Labute approximate surface area is 109 Å². The molecule has 0 aliphatic heterocycles. The van der Waals surface area contributed by atoms with E-state index in [1.165, 1.54) is 6.26 Å². The summed E-state index contributed by atoms with van der Waals surface area (Å²) in [4.78, 5) is 8.57. The molecule has 0 aliphatic rings. The molecule has 0 saturated heterocycles. The fraction of sp³-hybridized carbons (Fsp3) is 0.667. The molecule has 6 heteroatoms. The predicted octanol–water partition coefficient (Wildman–Crippen LogP) is 0.790. The van der Waals surface area contributed by atoms with Gasteiger partial charge in [-0.1, -0.05) is 0 Å². The van der Waals surface area contributed by atoms with Crippen LogP contribution in [-0.2, 0) is 22.0 Å². The predicted molar refractivity (Wildman–Crippen MR) is 72.3 cm³/mol. The molecule has 0 unspecified atom stereocenters. The summed E-state index contributed by atoms with van der Waals surface area (Å²) in [6, 6.07) is 0. The quantitative estimate of drug-likeness (QED) is 0.775. The SMILES string of the molecule is CNCCCc1c(C)nc(CS(C)(=O)=O)nc1C. The average molecular weight is 271 g/mol. The van der Waals surface area contributed by atoms with Crippen LogP contribution in [0.25, 0.3) is 0 Å². The number of aromatic nitrogens is 2. The number of sulfone groups is 1. The number of nitrogens with zero attached hydrogens (tertiary/aromatic N) is 2. The maximum absolute atomic E-state index is 11.2. The van der Waals surface area contributed by atoms with Crippen molar-refractivity contribution in [1.82, 2.24) is 15.3 Å². The van der Waals surface area contributed by atoms with Crippen molar-refractivity contribution in [3.05, 3.63) is 22.8 Å². The topological polar surface area (TPSA) is 72.0 Å². The molecule has 1 aromatic rings. The van der Waals surface area contributed by atoms with Crippen LogP contribution < -0.4 is 5.32 Å². The van der Waals surface area contributed by atoms with Gasteiger partial charge in [-0.15, -0.1) is 0 Å². The number of hydrogen-bond acceptors (Lipinski definition) is 5. The lowest BCUT2D eigenvalue weighted by Gasteiger charge is -2.10. The Balaban J connectivity index is 2.90. The zero-order valence-electron chi connectivity index (χ0n) is 11.4. The van der Waals surface area contributed by atoms with E-state index in [1.807, 2.05) is 20.9 Å². The molecule has 1 heterocycles. The van der Waals surface area contributed by atoms with Gasteiger partial charge in [-0.3, -0.25) is 0 Å². The van der Waals surface area contributed by atoms with E-state index in [2.05, 4.69) is 15.3 Å². The van der Waals surface area contributed by atoms with Gasteiger partial charge in [-0.25, -0.2) is 18.4 Å². The van der Waals surface area contributed by atoms with Crippen molar-refractivity contribution in [3.63, 3.8) is 0 Å². The van der Waals surface area contributed by atoms with Crippen LogP contribution in [0.5, 0.6) is 0 Å².